The van der Waals surface area contributed by atoms with E-state index < -0.39 is 5.91 Å². The first-order valence-corrected chi connectivity index (χ1v) is 11.9. The normalized spacial score (nSPS) is 10.8. The molecule has 0 aliphatic carbocycles. The van der Waals surface area contributed by atoms with Crippen LogP contribution in [-0.2, 0) is 9.59 Å². The first-order chi connectivity index (χ1) is 17.2. The van der Waals surface area contributed by atoms with Crippen LogP contribution in [0, 0.1) is 28.7 Å². The summed E-state index contributed by atoms with van der Waals surface area (Å²) >= 11 is 2.04. The summed E-state index contributed by atoms with van der Waals surface area (Å²) in [6.07, 6.45) is 1.43. The van der Waals surface area contributed by atoms with Gasteiger partial charge in [-0.15, -0.1) is 0 Å². The molecule has 0 bridgehead atoms. The molecule has 8 nitrogen and oxygen atoms in total. The Morgan fingerprint density at radius 3 is 2.36 bits per heavy atom. The van der Waals surface area contributed by atoms with E-state index in [0.29, 0.717) is 32.0 Å². The topological polar surface area (TPSA) is 121 Å². The Morgan fingerprint density at radius 2 is 1.72 bits per heavy atom. The molecule has 0 spiro atoms. The highest BCUT2D eigenvalue weighted by molar-refractivity contribution is 14.1. The van der Waals surface area contributed by atoms with Gasteiger partial charge in [-0.1, -0.05) is 6.07 Å². The summed E-state index contributed by atoms with van der Waals surface area (Å²) in [5, 5.41) is 24.3. The Balaban J connectivity index is 1.73. The molecule has 2 amide bonds. The van der Waals surface area contributed by atoms with Crippen LogP contribution in [0.5, 0.6) is 17.2 Å². The number of anilines is 2. The number of phenols is 1. The van der Waals surface area contributed by atoms with Crippen LogP contribution in [0.3, 0.4) is 0 Å². The second-order valence-corrected chi connectivity index (χ2v) is 9.00. The van der Waals surface area contributed by atoms with Crippen molar-refractivity contribution >= 4 is 51.9 Å². The fraction of sp³-hybridized carbons (Fsp3) is 0.148. The summed E-state index contributed by atoms with van der Waals surface area (Å²) in [5.41, 5.74) is 3.75. The molecule has 0 radical (unpaired) electrons. The van der Waals surface area contributed by atoms with E-state index in [1.165, 1.54) is 37.5 Å². The molecule has 184 valence electrons. The highest BCUT2D eigenvalue weighted by atomic mass is 127. The van der Waals surface area contributed by atoms with Gasteiger partial charge in [0.2, 0.25) is 0 Å². The van der Waals surface area contributed by atoms with Crippen molar-refractivity contribution in [2.24, 2.45) is 0 Å². The van der Waals surface area contributed by atoms with Gasteiger partial charge in [-0.2, -0.15) is 5.26 Å². The van der Waals surface area contributed by atoms with Gasteiger partial charge in [0.05, 0.1) is 10.7 Å². The lowest BCUT2D eigenvalue weighted by atomic mass is 10.1. The van der Waals surface area contributed by atoms with Crippen molar-refractivity contribution in [2.45, 2.75) is 13.8 Å². The third-order valence-electron chi connectivity index (χ3n) is 5.19. The number of amides is 2. The molecule has 0 atom stereocenters. The molecule has 3 aromatic rings. The minimum absolute atomic E-state index is 0.0655. The molecule has 0 unspecified atom stereocenters. The average molecular weight is 597 g/mol. The number of methoxy groups -OCH3 is 1. The number of halogens is 1. The predicted molar refractivity (Wildman–Crippen MR) is 146 cm³/mol. The third-order valence-corrected chi connectivity index (χ3v) is 5.99. The van der Waals surface area contributed by atoms with Gasteiger partial charge >= 0.3 is 0 Å². The largest absolute Gasteiger partial charge is 0.508 e. The molecule has 0 aliphatic rings. The Hall–Kier alpha value is -4.04. The van der Waals surface area contributed by atoms with E-state index >= 15 is 0 Å². The molecule has 3 N–H and O–H groups in total. The highest BCUT2D eigenvalue weighted by Crippen LogP contribution is 2.34. The zero-order chi connectivity index (χ0) is 26.2. The van der Waals surface area contributed by atoms with Crippen LogP contribution in [0.2, 0.25) is 0 Å². The number of phenolic OH excluding ortho intramolecular Hbond substituents is 1. The van der Waals surface area contributed by atoms with Crippen molar-refractivity contribution < 1.29 is 24.2 Å². The van der Waals surface area contributed by atoms with E-state index in [1.807, 2.05) is 60.7 Å². The number of carbonyl (C=O) groups is 2. The minimum atomic E-state index is -0.597. The summed E-state index contributed by atoms with van der Waals surface area (Å²) in [6, 6.07) is 16.8. The smallest absolute Gasteiger partial charge is 0.266 e. The van der Waals surface area contributed by atoms with Crippen LogP contribution in [0.1, 0.15) is 16.7 Å². The zero-order valence-corrected chi connectivity index (χ0v) is 22.0. The molecule has 36 heavy (non-hydrogen) atoms. The molecule has 9 heteroatoms. The van der Waals surface area contributed by atoms with Gasteiger partial charge in [0, 0.05) is 11.4 Å². The minimum Gasteiger partial charge on any atom is -0.508 e. The second kappa shape index (κ2) is 12.1. The number of hydrogen-bond donors (Lipinski definition) is 3. The quantitative estimate of drug-likeness (QED) is 0.142. The number of aryl methyl sites for hydroxylation is 2. The predicted octanol–water partition coefficient (Wildman–Crippen LogP) is 5.19. The molecule has 3 rings (SSSR count). The van der Waals surface area contributed by atoms with Gasteiger partial charge < -0.3 is 25.2 Å². The SMILES string of the molecule is COc1cc(/C=C(\C#N)C(=O)Nc2ccc(O)cc2)cc(I)c1OCC(=O)Nc1ccc(C)c(C)c1. The summed E-state index contributed by atoms with van der Waals surface area (Å²) in [7, 11) is 1.46. The standard InChI is InChI=1S/C27H24IN3O5/c1-16-4-5-21(10-17(16)2)30-25(33)15-36-26-23(28)12-18(13-24(26)35-3)11-19(14-29)27(34)31-20-6-8-22(32)9-7-20/h4-13,32H,15H2,1-3H3,(H,30,33)(H,31,34)/b19-11+. The summed E-state index contributed by atoms with van der Waals surface area (Å²) < 4.78 is 11.8. The van der Waals surface area contributed by atoms with Crippen molar-refractivity contribution in [3.05, 3.63) is 80.4 Å². The van der Waals surface area contributed by atoms with Crippen LogP contribution in [-0.4, -0.2) is 30.6 Å². The van der Waals surface area contributed by atoms with Crippen molar-refractivity contribution in [2.75, 3.05) is 24.4 Å². The first-order valence-electron chi connectivity index (χ1n) is 10.8. The number of aromatic hydroxyl groups is 1. The lowest BCUT2D eigenvalue weighted by Gasteiger charge is -2.14. The molecular weight excluding hydrogens is 573 g/mol. The van der Waals surface area contributed by atoms with Crippen molar-refractivity contribution in [3.63, 3.8) is 0 Å². The average Bonchev–Trinajstić information content (AvgIpc) is 2.85. The van der Waals surface area contributed by atoms with Gasteiger partial charge in [0.25, 0.3) is 11.8 Å². The van der Waals surface area contributed by atoms with E-state index in [0.717, 1.165) is 11.1 Å². The Bertz CT molecular complexity index is 1360. The van der Waals surface area contributed by atoms with E-state index in [1.54, 1.807) is 12.1 Å². The van der Waals surface area contributed by atoms with Gasteiger partial charge in [-0.05, 0) is 108 Å². The number of benzene rings is 3. The van der Waals surface area contributed by atoms with Crippen molar-refractivity contribution in [1.29, 1.82) is 5.26 Å². The molecule has 3 aromatic carbocycles. The van der Waals surface area contributed by atoms with Crippen molar-refractivity contribution in [3.8, 4) is 23.3 Å². The lowest BCUT2D eigenvalue weighted by molar-refractivity contribution is -0.118. The highest BCUT2D eigenvalue weighted by Gasteiger charge is 2.15. The van der Waals surface area contributed by atoms with Crippen LogP contribution in [0.15, 0.2) is 60.2 Å². The number of rotatable bonds is 8. The van der Waals surface area contributed by atoms with Crippen LogP contribution >= 0.6 is 22.6 Å². The van der Waals surface area contributed by atoms with Crippen molar-refractivity contribution in [1.82, 2.24) is 0 Å². The summed E-state index contributed by atoms with van der Waals surface area (Å²) in [5.74, 6) is -0.130. The lowest BCUT2D eigenvalue weighted by Crippen LogP contribution is -2.20. The monoisotopic (exact) mass is 597 g/mol. The number of ether oxygens (including phenoxy) is 2. The Labute approximate surface area is 222 Å². The third kappa shape index (κ3) is 6.99. The van der Waals surface area contributed by atoms with E-state index in [9.17, 15) is 20.0 Å². The Morgan fingerprint density at radius 1 is 1.03 bits per heavy atom. The van der Waals surface area contributed by atoms with Crippen LogP contribution < -0.4 is 20.1 Å². The maximum absolute atomic E-state index is 12.5. The number of hydrogen-bond acceptors (Lipinski definition) is 6. The number of nitriles is 1. The molecule has 0 fully saturated rings. The second-order valence-electron chi connectivity index (χ2n) is 7.84. The van der Waals surface area contributed by atoms with Gasteiger partial charge in [0.1, 0.15) is 17.4 Å². The summed E-state index contributed by atoms with van der Waals surface area (Å²) in [4.78, 5) is 24.9. The van der Waals surface area contributed by atoms with Gasteiger partial charge in [0.15, 0.2) is 18.1 Å². The maximum atomic E-state index is 12.5. The van der Waals surface area contributed by atoms with Gasteiger partial charge in [-0.25, -0.2) is 0 Å². The number of nitrogens with one attached hydrogen (secondary N) is 2. The van der Waals surface area contributed by atoms with E-state index in [-0.39, 0.29) is 23.8 Å². The number of carbonyl (C=O) groups excluding carboxylic acids is 2. The molecule has 0 heterocycles. The molecule has 0 aromatic heterocycles. The molecular formula is C27H24IN3O5. The fourth-order valence-electron chi connectivity index (χ4n) is 3.18. The molecule has 0 aliphatic heterocycles. The maximum Gasteiger partial charge on any atom is 0.266 e. The summed E-state index contributed by atoms with van der Waals surface area (Å²) in [6.45, 7) is 3.74. The number of nitrogens with zero attached hydrogens (tertiary/aromatic N) is 1. The Kier molecular flexibility index (Phi) is 8.91. The fourth-order valence-corrected chi connectivity index (χ4v) is 3.96. The molecule has 0 saturated carbocycles. The van der Waals surface area contributed by atoms with Crippen LogP contribution in [0.4, 0.5) is 11.4 Å². The van der Waals surface area contributed by atoms with Gasteiger partial charge in [-0.3, -0.25) is 9.59 Å². The zero-order valence-electron chi connectivity index (χ0n) is 19.9. The molecule has 0 saturated heterocycles. The van der Waals surface area contributed by atoms with Crippen LogP contribution in [0.25, 0.3) is 6.08 Å². The first kappa shape index (κ1) is 26.6. The van der Waals surface area contributed by atoms with E-state index in [2.05, 4.69) is 10.6 Å². The van der Waals surface area contributed by atoms with E-state index in [4.69, 9.17) is 9.47 Å².